The van der Waals surface area contributed by atoms with Crippen molar-refractivity contribution < 1.29 is 9.53 Å². The van der Waals surface area contributed by atoms with E-state index in [4.69, 9.17) is 4.74 Å². The van der Waals surface area contributed by atoms with Crippen LogP contribution in [0.2, 0.25) is 0 Å². The molecule has 0 bridgehead atoms. The SMILES string of the molecule is O=C1OCCc2ccc(CBr)cc21. The van der Waals surface area contributed by atoms with E-state index in [0.29, 0.717) is 6.61 Å². The minimum atomic E-state index is -0.191. The number of alkyl halides is 1. The van der Waals surface area contributed by atoms with Crippen molar-refractivity contribution in [1.82, 2.24) is 0 Å². The summed E-state index contributed by atoms with van der Waals surface area (Å²) in [6.07, 6.45) is 0.837. The Labute approximate surface area is 85.0 Å². The molecule has 0 N–H and O–H groups in total. The summed E-state index contributed by atoms with van der Waals surface area (Å²) in [4.78, 5) is 11.3. The molecule has 0 amide bonds. The predicted molar refractivity (Wildman–Crippen MR) is 53.1 cm³/mol. The topological polar surface area (TPSA) is 26.3 Å². The number of cyclic esters (lactones) is 1. The first-order valence-electron chi connectivity index (χ1n) is 4.16. The van der Waals surface area contributed by atoms with Gasteiger partial charge < -0.3 is 4.74 Å². The van der Waals surface area contributed by atoms with Gasteiger partial charge in [-0.1, -0.05) is 28.1 Å². The number of hydrogen-bond acceptors (Lipinski definition) is 2. The molecule has 0 atom stereocenters. The van der Waals surface area contributed by atoms with E-state index in [1.54, 1.807) is 0 Å². The van der Waals surface area contributed by atoms with E-state index in [1.807, 2.05) is 18.2 Å². The number of fused-ring (bicyclic) bond motifs is 1. The molecule has 68 valence electrons. The van der Waals surface area contributed by atoms with E-state index in [-0.39, 0.29) is 5.97 Å². The highest BCUT2D eigenvalue weighted by Gasteiger charge is 2.17. The maximum absolute atomic E-state index is 11.3. The Morgan fingerprint density at radius 2 is 2.31 bits per heavy atom. The summed E-state index contributed by atoms with van der Waals surface area (Å²) in [6, 6.07) is 5.93. The fraction of sp³-hybridized carbons (Fsp3) is 0.300. The van der Waals surface area contributed by atoms with Gasteiger partial charge in [-0.05, 0) is 17.2 Å². The van der Waals surface area contributed by atoms with Crippen molar-refractivity contribution >= 4 is 21.9 Å². The highest BCUT2D eigenvalue weighted by atomic mass is 79.9. The second kappa shape index (κ2) is 3.50. The van der Waals surface area contributed by atoms with Crippen molar-refractivity contribution in [3.63, 3.8) is 0 Å². The molecule has 0 spiro atoms. The van der Waals surface area contributed by atoms with Crippen LogP contribution in [0.15, 0.2) is 18.2 Å². The summed E-state index contributed by atoms with van der Waals surface area (Å²) in [5.74, 6) is -0.191. The molecular formula is C10H9BrO2. The highest BCUT2D eigenvalue weighted by molar-refractivity contribution is 9.08. The van der Waals surface area contributed by atoms with Crippen molar-refractivity contribution in [3.8, 4) is 0 Å². The normalized spacial score (nSPS) is 15.0. The number of carbonyl (C=O) groups is 1. The van der Waals surface area contributed by atoms with Gasteiger partial charge in [0.15, 0.2) is 0 Å². The van der Waals surface area contributed by atoms with Gasteiger partial charge in [0.25, 0.3) is 0 Å². The first-order valence-corrected chi connectivity index (χ1v) is 5.28. The number of benzene rings is 1. The first-order chi connectivity index (χ1) is 6.31. The Kier molecular flexibility index (Phi) is 2.36. The van der Waals surface area contributed by atoms with Crippen LogP contribution in [0.1, 0.15) is 21.5 Å². The van der Waals surface area contributed by atoms with Crippen molar-refractivity contribution in [1.29, 1.82) is 0 Å². The van der Waals surface area contributed by atoms with Crippen LogP contribution >= 0.6 is 15.9 Å². The minimum absolute atomic E-state index is 0.191. The van der Waals surface area contributed by atoms with E-state index in [9.17, 15) is 4.79 Å². The Balaban J connectivity index is 2.47. The number of carbonyl (C=O) groups excluding carboxylic acids is 1. The van der Waals surface area contributed by atoms with Crippen molar-refractivity contribution in [3.05, 3.63) is 34.9 Å². The Morgan fingerprint density at radius 3 is 3.08 bits per heavy atom. The van der Waals surface area contributed by atoms with Crippen LogP contribution in [0, 0.1) is 0 Å². The van der Waals surface area contributed by atoms with Gasteiger partial charge in [-0.2, -0.15) is 0 Å². The number of rotatable bonds is 1. The van der Waals surface area contributed by atoms with Gasteiger partial charge in [-0.15, -0.1) is 0 Å². The van der Waals surface area contributed by atoms with Crippen LogP contribution in [0.25, 0.3) is 0 Å². The Morgan fingerprint density at radius 1 is 1.46 bits per heavy atom. The molecule has 2 rings (SSSR count). The van der Waals surface area contributed by atoms with E-state index in [2.05, 4.69) is 15.9 Å². The molecule has 1 aliphatic heterocycles. The molecular weight excluding hydrogens is 232 g/mol. The molecule has 13 heavy (non-hydrogen) atoms. The van der Waals surface area contributed by atoms with Crippen LogP contribution in [0.4, 0.5) is 0 Å². The third-order valence-electron chi connectivity index (χ3n) is 2.15. The largest absolute Gasteiger partial charge is 0.462 e. The second-order valence-corrected chi connectivity index (χ2v) is 3.57. The summed E-state index contributed by atoms with van der Waals surface area (Å²) in [5.41, 5.74) is 2.93. The lowest BCUT2D eigenvalue weighted by molar-refractivity contribution is 0.0480. The number of ether oxygens (including phenoxy) is 1. The van der Waals surface area contributed by atoms with Crippen LogP contribution in [-0.4, -0.2) is 12.6 Å². The Hall–Kier alpha value is -0.830. The molecule has 0 saturated carbocycles. The average Bonchev–Trinajstić information content (AvgIpc) is 2.18. The lowest BCUT2D eigenvalue weighted by atomic mass is 10.0. The van der Waals surface area contributed by atoms with Gasteiger partial charge in [0.1, 0.15) is 0 Å². The third-order valence-corrected chi connectivity index (χ3v) is 2.80. The van der Waals surface area contributed by atoms with E-state index < -0.39 is 0 Å². The van der Waals surface area contributed by atoms with Gasteiger partial charge in [-0.3, -0.25) is 0 Å². The van der Waals surface area contributed by atoms with Gasteiger partial charge >= 0.3 is 5.97 Å². The monoisotopic (exact) mass is 240 g/mol. The van der Waals surface area contributed by atoms with Crippen molar-refractivity contribution in [2.45, 2.75) is 11.8 Å². The lowest BCUT2D eigenvalue weighted by Crippen LogP contribution is -2.17. The molecule has 0 fully saturated rings. The molecule has 0 unspecified atom stereocenters. The third kappa shape index (κ3) is 1.61. The van der Waals surface area contributed by atoms with Gasteiger partial charge in [0.2, 0.25) is 0 Å². The molecule has 1 aromatic carbocycles. The average molecular weight is 241 g/mol. The zero-order valence-electron chi connectivity index (χ0n) is 7.05. The van der Waals surface area contributed by atoms with Gasteiger partial charge in [-0.25, -0.2) is 4.79 Å². The molecule has 3 heteroatoms. The van der Waals surface area contributed by atoms with Crippen molar-refractivity contribution in [2.24, 2.45) is 0 Å². The maximum Gasteiger partial charge on any atom is 0.338 e. The molecule has 0 saturated heterocycles. The smallest absolute Gasteiger partial charge is 0.338 e. The molecule has 1 aliphatic rings. The molecule has 0 radical (unpaired) electrons. The molecule has 0 aliphatic carbocycles. The van der Waals surface area contributed by atoms with Crippen LogP contribution in [0.5, 0.6) is 0 Å². The van der Waals surface area contributed by atoms with Crippen LogP contribution < -0.4 is 0 Å². The van der Waals surface area contributed by atoms with Crippen molar-refractivity contribution in [2.75, 3.05) is 6.61 Å². The minimum Gasteiger partial charge on any atom is -0.462 e. The second-order valence-electron chi connectivity index (χ2n) is 3.01. The maximum atomic E-state index is 11.3. The number of esters is 1. The fourth-order valence-corrected chi connectivity index (χ4v) is 1.79. The van der Waals surface area contributed by atoms with Gasteiger partial charge in [0, 0.05) is 11.8 Å². The molecule has 1 aromatic rings. The summed E-state index contributed by atoms with van der Waals surface area (Å²) >= 11 is 3.35. The summed E-state index contributed by atoms with van der Waals surface area (Å²) in [6.45, 7) is 0.513. The fourth-order valence-electron chi connectivity index (χ4n) is 1.45. The quantitative estimate of drug-likeness (QED) is 0.557. The standard InChI is InChI=1S/C10H9BrO2/c11-6-7-1-2-8-3-4-13-10(12)9(8)5-7/h1-2,5H,3-4,6H2. The summed E-state index contributed by atoms with van der Waals surface area (Å²) < 4.78 is 4.95. The van der Waals surface area contributed by atoms with Crippen LogP contribution in [0.3, 0.4) is 0 Å². The predicted octanol–water partition coefficient (Wildman–Crippen LogP) is 2.29. The highest BCUT2D eigenvalue weighted by Crippen LogP contribution is 2.19. The Bertz CT molecular complexity index is 347. The molecule has 2 nitrogen and oxygen atoms in total. The van der Waals surface area contributed by atoms with Crippen LogP contribution in [-0.2, 0) is 16.5 Å². The summed E-state index contributed by atoms with van der Waals surface area (Å²) in [7, 11) is 0. The van der Waals surface area contributed by atoms with E-state index in [1.165, 1.54) is 0 Å². The zero-order valence-corrected chi connectivity index (χ0v) is 8.63. The number of halogens is 1. The van der Waals surface area contributed by atoms with E-state index in [0.717, 1.165) is 28.4 Å². The zero-order chi connectivity index (χ0) is 9.26. The molecule has 1 heterocycles. The van der Waals surface area contributed by atoms with Gasteiger partial charge in [0.05, 0.1) is 12.2 Å². The molecule has 0 aromatic heterocycles. The number of hydrogen-bond donors (Lipinski definition) is 0. The summed E-state index contributed by atoms with van der Waals surface area (Å²) in [5, 5.41) is 0.771. The first kappa shape index (κ1) is 8.75. The van der Waals surface area contributed by atoms with E-state index >= 15 is 0 Å². The lowest BCUT2D eigenvalue weighted by Gasteiger charge is -2.15.